The van der Waals surface area contributed by atoms with Crippen molar-refractivity contribution in [1.82, 2.24) is 0 Å². The molecule has 1 aliphatic carbocycles. The summed E-state index contributed by atoms with van der Waals surface area (Å²) in [4.78, 5) is 0. The number of nitrogens with two attached hydrogens (primary N) is 1. The van der Waals surface area contributed by atoms with E-state index in [1.54, 1.807) is 6.07 Å². The van der Waals surface area contributed by atoms with Crippen molar-refractivity contribution in [3.05, 3.63) is 29.6 Å². The zero-order valence-corrected chi connectivity index (χ0v) is 11.4. The predicted molar refractivity (Wildman–Crippen MR) is 71.2 cm³/mol. The highest BCUT2D eigenvalue weighted by Gasteiger charge is 2.34. The highest BCUT2D eigenvalue weighted by Crippen LogP contribution is 2.36. The molecule has 0 aromatic heterocycles. The molecule has 1 aromatic carbocycles. The Morgan fingerprint density at radius 3 is 2.78 bits per heavy atom. The SMILES string of the molecule is Cc1cc(F)ccc1OC1CC(C)(C)CCC1N. The van der Waals surface area contributed by atoms with Gasteiger partial charge in [-0.3, -0.25) is 0 Å². The van der Waals surface area contributed by atoms with Crippen LogP contribution >= 0.6 is 0 Å². The van der Waals surface area contributed by atoms with Crippen LogP contribution in [-0.2, 0) is 0 Å². The van der Waals surface area contributed by atoms with Gasteiger partial charge < -0.3 is 10.5 Å². The van der Waals surface area contributed by atoms with Crippen molar-refractivity contribution >= 4 is 0 Å². The Morgan fingerprint density at radius 1 is 1.39 bits per heavy atom. The maximum atomic E-state index is 13.0. The average molecular weight is 251 g/mol. The third-order valence-corrected chi connectivity index (χ3v) is 3.80. The molecule has 2 unspecified atom stereocenters. The molecule has 0 radical (unpaired) electrons. The van der Waals surface area contributed by atoms with Crippen LogP contribution in [-0.4, -0.2) is 12.1 Å². The lowest BCUT2D eigenvalue weighted by molar-refractivity contribution is 0.0663. The third kappa shape index (κ3) is 3.02. The second-order valence-corrected chi connectivity index (χ2v) is 6.14. The molecular weight excluding hydrogens is 229 g/mol. The van der Waals surface area contributed by atoms with Crippen LogP contribution in [0.5, 0.6) is 5.75 Å². The van der Waals surface area contributed by atoms with Crippen molar-refractivity contribution in [1.29, 1.82) is 0 Å². The first kappa shape index (κ1) is 13.3. The minimum absolute atomic E-state index is 0.0258. The van der Waals surface area contributed by atoms with Gasteiger partial charge in [-0.1, -0.05) is 13.8 Å². The Morgan fingerprint density at radius 2 is 2.11 bits per heavy atom. The largest absolute Gasteiger partial charge is 0.489 e. The molecule has 2 N–H and O–H groups in total. The van der Waals surface area contributed by atoms with Gasteiger partial charge in [0.15, 0.2) is 0 Å². The number of hydrogen-bond donors (Lipinski definition) is 1. The van der Waals surface area contributed by atoms with E-state index in [-0.39, 0.29) is 23.4 Å². The molecule has 3 heteroatoms. The first-order valence-electron chi connectivity index (χ1n) is 6.56. The number of benzene rings is 1. The summed E-state index contributed by atoms with van der Waals surface area (Å²) < 4.78 is 19.0. The second kappa shape index (κ2) is 4.88. The van der Waals surface area contributed by atoms with Gasteiger partial charge in [-0.25, -0.2) is 4.39 Å². The molecule has 2 nitrogen and oxygen atoms in total. The van der Waals surface area contributed by atoms with E-state index < -0.39 is 0 Å². The average Bonchev–Trinajstić information content (AvgIpc) is 2.27. The van der Waals surface area contributed by atoms with Crippen LogP contribution in [0.25, 0.3) is 0 Å². The number of rotatable bonds is 2. The van der Waals surface area contributed by atoms with Gasteiger partial charge in [0.25, 0.3) is 0 Å². The Kier molecular flexibility index (Phi) is 3.62. The van der Waals surface area contributed by atoms with Crippen LogP contribution in [0.4, 0.5) is 4.39 Å². The molecule has 0 spiro atoms. The fourth-order valence-corrected chi connectivity index (χ4v) is 2.58. The quantitative estimate of drug-likeness (QED) is 0.874. The number of halogens is 1. The maximum absolute atomic E-state index is 13.0. The van der Waals surface area contributed by atoms with Gasteiger partial charge in [0.05, 0.1) is 0 Å². The lowest BCUT2D eigenvalue weighted by Gasteiger charge is -2.39. The fraction of sp³-hybridized carbons (Fsp3) is 0.600. The van der Waals surface area contributed by atoms with E-state index >= 15 is 0 Å². The van der Waals surface area contributed by atoms with Gasteiger partial charge >= 0.3 is 0 Å². The molecule has 0 aliphatic heterocycles. The lowest BCUT2D eigenvalue weighted by atomic mass is 9.74. The van der Waals surface area contributed by atoms with E-state index in [2.05, 4.69) is 13.8 Å². The van der Waals surface area contributed by atoms with E-state index in [4.69, 9.17) is 10.5 Å². The Labute approximate surface area is 108 Å². The number of aryl methyl sites for hydroxylation is 1. The topological polar surface area (TPSA) is 35.2 Å². The van der Waals surface area contributed by atoms with Gasteiger partial charge in [-0.15, -0.1) is 0 Å². The van der Waals surface area contributed by atoms with Gasteiger partial charge in [0.1, 0.15) is 17.7 Å². The maximum Gasteiger partial charge on any atom is 0.123 e. The summed E-state index contributed by atoms with van der Waals surface area (Å²) in [6.07, 6.45) is 3.09. The van der Waals surface area contributed by atoms with Crippen molar-refractivity contribution in [2.45, 2.75) is 52.2 Å². The normalized spacial score (nSPS) is 26.9. The summed E-state index contributed by atoms with van der Waals surface area (Å²) in [5, 5.41) is 0. The number of hydrogen-bond acceptors (Lipinski definition) is 2. The van der Waals surface area contributed by atoms with Crippen molar-refractivity contribution < 1.29 is 9.13 Å². The van der Waals surface area contributed by atoms with Gasteiger partial charge in [0.2, 0.25) is 0 Å². The smallest absolute Gasteiger partial charge is 0.123 e. The molecular formula is C15H22FNO. The molecule has 1 aliphatic rings. The van der Waals surface area contributed by atoms with E-state index in [9.17, 15) is 4.39 Å². The van der Waals surface area contributed by atoms with Gasteiger partial charge in [0, 0.05) is 6.04 Å². The van der Waals surface area contributed by atoms with Gasteiger partial charge in [-0.2, -0.15) is 0 Å². The minimum Gasteiger partial charge on any atom is -0.489 e. The zero-order chi connectivity index (χ0) is 13.3. The summed E-state index contributed by atoms with van der Waals surface area (Å²) >= 11 is 0. The molecule has 2 rings (SSSR count). The van der Waals surface area contributed by atoms with E-state index in [1.165, 1.54) is 12.1 Å². The summed E-state index contributed by atoms with van der Waals surface area (Å²) in [7, 11) is 0. The van der Waals surface area contributed by atoms with E-state index in [0.29, 0.717) is 0 Å². The molecule has 0 bridgehead atoms. The molecule has 1 aromatic rings. The standard InChI is InChI=1S/C15H22FNO/c1-10-8-11(16)4-5-13(10)18-14-9-15(2,3)7-6-12(14)17/h4-5,8,12,14H,6-7,9,17H2,1-3H3. The first-order chi connectivity index (χ1) is 8.37. The molecule has 18 heavy (non-hydrogen) atoms. The summed E-state index contributed by atoms with van der Waals surface area (Å²) in [5.41, 5.74) is 7.23. The van der Waals surface area contributed by atoms with Crippen LogP contribution in [0.2, 0.25) is 0 Å². The predicted octanol–water partition coefficient (Wildman–Crippen LogP) is 3.42. The van der Waals surface area contributed by atoms with Crippen molar-refractivity contribution in [3.63, 3.8) is 0 Å². The molecule has 0 heterocycles. The van der Waals surface area contributed by atoms with Crippen LogP contribution in [0, 0.1) is 18.2 Å². The van der Waals surface area contributed by atoms with Crippen molar-refractivity contribution in [2.24, 2.45) is 11.1 Å². The minimum atomic E-state index is -0.229. The Balaban J connectivity index is 2.12. The summed E-state index contributed by atoms with van der Waals surface area (Å²) in [5.74, 6) is 0.516. The van der Waals surface area contributed by atoms with Crippen molar-refractivity contribution in [3.8, 4) is 5.75 Å². The molecule has 0 saturated heterocycles. The Bertz CT molecular complexity index is 431. The molecule has 1 saturated carbocycles. The summed E-state index contributed by atoms with van der Waals surface area (Å²) in [6, 6.07) is 4.69. The molecule has 0 amide bonds. The fourth-order valence-electron chi connectivity index (χ4n) is 2.58. The number of ether oxygens (including phenoxy) is 1. The Hall–Kier alpha value is -1.09. The van der Waals surface area contributed by atoms with Crippen molar-refractivity contribution in [2.75, 3.05) is 0 Å². The molecule has 2 atom stereocenters. The summed E-state index contributed by atoms with van der Waals surface area (Å²) in [6.45, 7) is 6.34. The monoisotopic (exact) mass is 251 g/mol. The highest BCUT2D eigenvalue weighted by atomic mass is 19.1. The van der Waals surface area contributed by atoms with E-state index in [1.807, 2.05) is 6.92 Å². The van der Waals surface area contributed by atoms with E-state index in [0.717, 1.165) is 30.6 Å². The van der Waals surface area contributed by atoms with Crippen LogP contribution in [0.1, 0.15) is 38.7 Å². The zero-order valence-electron chi connectivity index (χ0n) is 11.4. The van der Waals surface area contributed by atoms with Crippen LogP contribution < -0.4 is 10.5 Å². The highest BCUT2D eigenvalue weighted by molar-refractivity contribution is 5.33. The second-order valence-electron chi connectivity index (χ2n) is 6.14. The van der Waals surface area contributed by atoms with Crippen LogP contribution in [0.15, 0.2) is 18.2 Å². The molecule has 1 fully saturated rings. The van der Waals surface area contributed by atoms with Gasteiger partial charge in [-0.05, 0) is 55.4 Å². The first-order valence-corrected chi connectivity index (χ1v) is 6.56. The lowest BCUT2D eigenvalue weighted by Crippen LogP contribution is -2.46. The molecule has 100 valence electrons. The van der Waals surface area contributed by atoms with Crippen LogP contribution in [0.3, 0.4) is 0 Å². The third-order valence-electron chi connectivity index (χ3n) is 3.80.